The van der Waals surface area contributed by atoms with Gasteiger partial charge in [-0.1, -0.05) is 41.9 Å². The Morgan fingerprint density at radius 2 is 1.64 bits per heavy atom. The minimum Gasteiger partial charge on any atom is -0.508 e. The molecule has 0 spiro atoms. The molecule has 0 aliphatic rings. The lowest BCUT2D eigenvalue weighted by Crippen LogP contribution is -2.13. The molecule has 3 aromatic carbocycles. The minimum atomic E-state index is -3.76. The largest absolute Gasteiger partial charge is 0.508 e. The van der Waals surface area contributed by atoms with Crippen LogP contribution < -0.4 is 4.72 Å². The molecule has 3 rings (SSSR count). The predicted octanol–water partition coefficient (Wildman–Crippen LogP) is 4.00. The number of phenolic OH excluding ortho intramolecular Hbond substituents is 1. The summed E-state index contributed by atoms with van der Waals surface area (Å²) in [4.78, 5) is 0.148. The molecule has 2 N–H and O–H groups in total. The second kappa shape index (κ2) is 5.51. The van der Waals surface area contributed by atoms with Crippen molar-refractivity contribution < 1.29 is 13.5 Å². The monoisotopic (exact) mass is 333 g/mol. The summed E-state index contributed by atoms with van der Waals surface area (Å²) in [6.45, 7) is 0. The van der Waals surface area contributed by atoms with Gasteiger partial charge in [-0.15, -0.1) is 0 Å². The van der Waals surface area contributed by atoms with Crippen LogP contribution in [0.15, 0.2) is 65.6 Å². The zero-order valence-corrected chi connectivity index (χ0v) is 12.9. The summed E-state index contributed by atoms with van der Waals surface area (Å²) in [6, 6.07) is 16.5. The van der Waals surface area contributed by atoms with Crippen molar-refractivity contribution >= 4 is 38.1 Å². The maximum absolute atomic E-state index is 12.5. The molecule has 0 aromatic heterocycles. The summed E-state index contributed by atoms with van der Waals surface area (Å²) in [5, 5.41) is 11.2. The molecule has 0 amide bonds. The van der Waals surface area contributed by atoms with Gasteiger partial charge in [-0.25, -0.2) is 8.42 Å². The van der Waals surface area contributed by atoms with Gasteiger partial charge in [0.05, 0.1) is 15.6 Å². The number of aromatic hydroxyl groups is 1. The molecule has 4 nitrogen and oxygen atoms in total. The zero-order valence-electron chi connectivity index (χ0n) is 11.3. The van der Waals surface area contributed by atoms with Crippen molar-refractivity contribution in [3.05, 3.63) is 65.7 Å². The minimum absolute atomic E-state index is 0.0290. The number of phenols is 1. The number of hydrogen-bond donors (Lipinski definition) is 2. The lowest BCUT2D eigenvalue weighted by molar-refractivity contribution is 0.475. The molecule has 0 fully saturated rings. The van der Waals surface area contributed by atoms with Crippen LogP contribution >= 0.6 is 11.6 Å². The van der Waals surface area contributed by atoms with E-state index < -0.39 is 10.0 Å². The lowest BCUT2D eigenvalue weighted by atomic mass is 10.1. The van der Waals surface area contributed by atoms with E-state index in [-0.39, 0.29) is 21.4 Å². The fraction of sp³-hybridized carbons (Fsp3) is 0. The Kier molecular flexibility index (Phi) is 3.68. The van der Waals surface area contributed by atoms with Crippen LogP contribution in [0, 0.1) is 0 Å². The number of halogens is 1. The van der Waals surface area contributed by atoms with Crippen molar-refractivity contribution in [1.29, 1.82) is 0 Å². The molecule has 0 atom stereocenters. The number of benzene rings is 3. The van der Waals surface area contributed by atoms with Gasteiger partial charge in [0.15, 0.2) is 0 Å². The molecule has 0 radical (unpaired) electrons. The van der Waals surface area contributed by atoms with E-state index in [1.807, 2.05) is 24.3 Å². The van der Waals surface area contributed by atoms with Gasteiger partial charge in [0.25, 0.3) is 10.0 Å². The van der Waals surface area contributed by atoms with E-state index >= 15 is 0 Å². The van der Waals surface area contributed by atoms with Crippen LogP contribution in [0.4, 0.5) is 5.69 Å². The quantitative estimate of drug-likeness (QED) is 0.712. The molecule has 0 bridgehead atoms. The van der Waals surface area contributed by atoms with E-state index in [1.165, 1.54) is 18.2 Å². The van der Waals surface area contributed by atoms with Crippen LogP contribution in [0.25, 0.3) is 10.8 Å². The Hall–Kier alpha value is -2.24. The van der Waals surface area contributed by atoms with Gasteiger partial charge in [0, 0.05) is 6.07 Å². The second-order valence-electron chi connectivity index (χ2n) is 4.78. The number of sulfonamides is 1. The molecule has 0 aliphatic heterocycles. The average Bonchev–Trinajstić information content (AvgIpc) is 2.49. The van der Waals surface area contributed by atoms with E-state index in [0.717, 1.165) is 10.8 Å². The number of nitrogens with one attached hydrogen (secondary N) is 1. The molecular formula is C16H12ClNO3S. The van der Waals surface area contributed by atoms with Crippen molar-refractivity contribution in [2.24, 2.45) is 0 Å². The first-order chi connectivity index (χ1) is 10.5. The SMILES string of the molecule is O=S(=O)(Nc1ccc(O)cc1Cl)c1ccc2ccccc2c1. The number of hydrogen-bond acceptors (Lipinski definition) is 3. The summed E-state index contributed by atoms with van der Waals surface area (Å²) >= 11 is 5.93. The highest BCUT2D eigenvalue weighted by Gasteiger charge is 2.16. The van der Waals surface area contributed by atoms with Gasteiger partial charge in [0.2, 0.25) is 0 Å². The average molecular weight is 334 g/mol. The first-order valence-corrected chi connectivity index (χ1v) is 8.32. The molecular weight excluding hydrogens is 322 g/mol. The number of anilines is 1. The molecule has 6 heteroatoms. The van der Waals surface area contributed by atoms with E-state index in [2.05, 4.69) is 4.72 Å². The van der Waals surface area contributed by atoms with Gasteiger partial charge in [-0.05, 0) is 35.0 Å². The Bertz CT molecular complexity index is 955. The summed E-state index contributed by atoms with van der Waals surface area (Å²) in [5.74, 6) is -0.0290. The molecule has 112 valence electrons. The van der Waals surface area contributed by atoms with Crippen molar-refractivity contribution in [3.63, 3.8) is 0 Å². The fourth-order valence-electron chi connectivity index (χ4n) is 2.13. The first kappa shape index (κ1) is 14.7. The number of rotatable bonds is 3. The van der Waals surface area contributed by atoms with Crippen LogP contribution in [0.5, 0.6) is 5.75 Å². The third kappa shape index (κ3) is 2.86. The molecule has 3 aromatic rings. The van der Waals surface area contributed by atoms with Crippen LogP contribution in [-0.4, -0.2) is 13.5 Å². The van der Waals surface area contributed by atoms with Crippen LogP contribution in [0.1, 0.15) is 0 Å². The van der Waals surface area contributed by atoms with Crippen molar-refractivity contribution in [3.8, 4) is 5.75 Å². The summed E-state index contributed by atoms with van der Waals surface area (Å²) in [7, 11) is -3.76. The second-order valence-corrected chi connectivity index (χ2v) is 6.87. The molecule has 22 heavy (non-hydrogen) atoms. The standard InChI is InChI=1S/C16H12ClNO3S/c17-15-10-13(19)6-8-16(15)18-22(20,21)14-7-5-11-3-1-2-4-12(11)9-14/h1-10,18-19H. The maximum atomic E-state index is 12.5. The number of fused-ring (bicyclic) bond motifs is 1. The first-order valence-electron chi connectivity index (χ1n) is 6.46. The van der Waals surface area contributed by atoms with Crippen molar-refractivity contribution in [1.82, 2.24) is 0 Å². The zero-order chi connectivity index (χ0) is 15.7. The highest BCUT2D eigenvalue weighted by atomic mass is 35.5. The Labute approximate surface area is 133 Å². The Balaban J connectivity index is 2.00. The Morgan fingerprint density at radius 3 is 2.36 bits per heavy atom. The summed E-state index contributed by atoms with van der Waals surface area (Å²) in [6.07, 6.45) is 0. The van der Waals surface area contributed by atoms with Crippen LogP contribution in [0.2, 0.25) is 5.02 Å². The summed E-state index contributed by atoms with van der Waals surface area (Å²) < 4.78 is 27.3. The molecule has 0 saturated heterocycles. The predicted molar refractivity (Wildman–Crippen MR) is 87.9 cm³/mol. The van der Waals surface area contributed by atoms with Gasteiger partial charge < -0.3 is 5.11 Å². The smallest absolute Gasteiger partial charge is 0.261 e. The van der Waals surface area contributed by atoms with Gasteiger partial charge in [-0.3, -0.25) is 4.72 Å². The maximum Gasteiger partial charge on any atom is 0.261 e. The van der Waals surface area contributed by atoms with Crippen LogP contribution in [-0.2, 0) is 10.0 Å². The molecule has 0 saturated carbocycles. The van der Waals surface area contributed by atoms with E-state index in [4.69, 9.17) is 11.6 Å². The van der Waals surface area contributed by atoms with Gasteiger partial charge in [-0.2, -0.15) is 0 Å². The molecule has 0 unspecified atom stereocenters. The lowest BCUT2D eigenvalue weighted by Gasteiger charge is -2.10. The fourth-order valence-corrected chi connectivity index (χ4v) is 3.52. The van der Waals surface area contributed by atoms with Crippen LogP contribution in [0.3, 0.4) is 0 Å². The van der Waals surface area contributed by atoms with Gasteiger partial charge >= 0.3 is 0 Å². The van der Waals surface area contributed by atoms with Crippen molar-refractivity contribution in [2.45, 2.75) is 4.90 Å². The van der Waals surface area contributed by atoms with E-state index in [0.29, 0.717) is 0 Å². The third-order valence-corrected chi connectivity index (χ3v) is 4.90. The highest BCUT2D eigenvalue weighted by Crippen LogP contribution is 2.28. The normalized spacial score (nSPS) is 11.5. The highest BCUT2D eigenvalue weighted by molar-refractivity contribution is 7.92. The van der Waals surface area contributed by atoms with E-state index in [9.17, 15) is 13.5 Å². The summed E-state index contributed by atoms with van der Waals surface area (Å²) in [5.41, 5.74) is 0.215. The third-order valence-electron chi connectivity index (χ3n) is 3.23. The van der Waals surface area contributed by atoms with Crippen molar-refractivity contribution in [2.75, 3.05) is 4.72 Å². The molecule has 0 aliphatic carbocycles. The van der Waals surface area contributed by atoms with E-state index in [1.54, 1.807) is 18.2 Å². The molecule has 0 heterocycles. The van der Waals surface area contributed by atoms with Gasteiger partial charge in [0.1, 0.15) is 5.75 Å². The topological polar surface area (TPSA) is 66.4 Å². The Morgan fingerprint density at radius 1 is 0.909 bits per heavy atom.